The molecule has 0 radical (unpaired) electrons. The number of rotatable bonds is 4. The minimum atomic E-state index is -0.0970. The Morgan fingerprint density at radius 1 is 0.509 bits per heavy atom. The van der Waals surface area contributed by atoms with Crippen molar-refractivity contribution < 1.29 is 19.5 Å². The van der Waals surface area contributed by atoms with Gasteiger partial charge in [-0.2, -0.15) is 0 Å². The van der Waals surface area contributed by atoms with Crippen molar-refractivity contribution in [2.24, 2.45) is 0 Å². The smallest absolute Gasteiger partial charge is 0.0770 e. The second kappa shape index (κ2) is 14.1. The molecular weight excluding hydrogens is 706 g/mol. The number of nitrogens with one attached hydrogen (secondary N) is 2. The van der Waals surface area contributed by atoms with E-state index in [2.05, 4.69) is 204 Å². The van der Waals surface area contributed by atoms with Crippen LogP contribution in [0, 0.1) is 0 Å². The van der Waals surface area contributed by atoms with Crippen LogP contribution in [0.4, 0.5) is 0 Å². The van der Waals surface area contributed by atoms with Crippen LogP contribution in [0.15, 0.2) is 128 Å². The van der Waals surface area contributed by atoms with E-state index in [1.54, 1.807) is 0 Å². The third-order valence-corrected chi connectivity index (χ3v) is 10.6. The predicted octanol–water partition coefficient (Wildman–Crippen LogP) is 8.58. The fraction of sp³-hybridized carbons (Fsp3) is 0.182. The van der Waals surface area contributed by atoms with Gasteiger partial charge in [-0.25, -0.2) is 9.97 Å². The number of aromatic amines is 2. The van der Waals surface area contributed by atoms with E-state index in [0.717, 1.165) is 56.0 Å². The number of H-pyrrole nitrogens is 2. The average molecular weight is 748 g/mol. The minimum Gasteiger partial charge on any atom is -0.370 e. The zero-order chi connectivity index (χ0) is 35.3. The molecule has 2 N–H and O–H groups in total. The molecule has 6 aliphatic rings. The monoisotopic (exact) mass is 746 g/mol. The van der Waals surface area contributed by atoms with Gasteiger partial charge in [-0.15, -0.1) is 0 Å². The van der Waals surface area contributed by atoms with Crippen LogP contribution in [-0.2, 0) is 19.5 Å². The Morgan fingerprint density at radius 2 is 1.00 bits per heavy atom. The van der Waals surface area contributed by atoms with Crippen LogP contribution in [0.2, 0.25) is 0 Å². The summed E-state index contributed by atoms with van der Waals surface area (Å²) >= 11 is 0. The Bertz CT molecular complexity index is 2430. The molecule has 0 spiro atoms. The first-order valence-corrected chi connectivity index (χ1v) is 17.9. The van der Waals surface area contributed by atoms with Crippen LogP contribution in [0.3, 0.4) is 0 Å². The molecule has 0 saturated carbocycles. The van der Waals surface area contributed by atoms with Crippen molar-refractivity contribution in [3.05, 3.63) is 168 Å². The Kier molecular flexibility index (Phi) is 9.13. The molecule has 8 bridgehead atoms. The van der Waals surface area contributed by atoms with Crippen molar-refractivity contribution in [2.45, 2.75) is 24.2 Å². The standard InChI is InChI=1S/C44H42N8.Zn/c1-49-21-9-5-13-36(49)34-27-33-26-31-18-17-29(45-31)25-30-19-20-32(46-30)28-35-40(37-14-6-10-22-50(37)2)41(38-15-7-11-23-51(38)3)44(48-35)42(43(34)47-33)39-16-8-12-24-52(39)4;/h5-28,36-39,45,48H,1-4H3;. The molecule has 4 unspecified atom stereocenters. The molecule has 0 fully saturated rings. The van der Waals surface area contributed by atoms with E-state index < -0.39 is 0 Å². The molecule has 260 valence electrons. The molecule has 9 heteroatoms. The SMILES string of the molecule is CN1C=CC=CC1C1=Cc2cc3ccc(cc4nc(cc5[nH]c(c(C6C=CC=CN6C)c1n2)c(C1C=CC=CN1C)c5C1C=CC=CN1C)C=C4)[nH]3.[Zn]. The number of aromatic nitrogens is 4. The van der Waals surface area contributed by atoms with Gasteiger partial charge in [0.2, 0.25) is 0 Å². The van der Waals surface area contributed by atoms with Crippen molar-refractivity contribution in [1.29, 1.82) is 0 Å². The van der Waals surface area contributed by atoms with E-state index in [4.69, 9.17) is 9.97 Å². The first-order valence-electron chi connectivity index (χ1n) is 17.9. The third kappa shape index (κ3) is 6.29. The molecule has 6 aliphatic heterocycles. The molecule has 9 heterocycles. The number of hydrogen-bond donors (Lipinski definition) is 2. The van der Waals surface area contributed by atoms with Gasteiger partial charge in [-0.05, 0) is 97.7 Å². The van der Waals surface area contributed by atoms with E-state index >= 15 is 0 Å². The van der Waals surface area contributed by atoms with E-state index in [1.165, 1.54) is 11.1 Å². The van der Waals surface area contributed by atoms with Crippen molar-refractivity contribution in [2.75, 3.05) is 28.2 Å². The van der Waals surface area contributed by atoms with Crippen LogP contribution in [0.1, 0.15) is 57.6 Å². The molecule has 53 heavy (non-hydrogen) atoms. The summed E-state index contributed by atoms with van der Waals surface area (Å²) in [7, 11) is 8.62. The van der Waals surface area contributed by atoms with Gasteiger partial charge in [-0.1, -0.05) is 48.6 Å². The molecule has 3 aromatic heterocycles. The molecule has 0 saturated heterocycles. The van der Waals surface area contributed by atoms with Gasteiger partial charge in [-0.3, -0.25) is 0 Å². The number of fused-ring (bicyclic) bond motifs is 8. The maximum atomic E-state index is 5.57. The number of nitrogens with zero attached hydrogens (tertiary/aromatic N) is 6. The van der Waals surface area contributed by atoms with Gasteiger partial charge >= 0.3 is 0 Å². The van der Waals surface area contributed by atoms with Crippen LogP contribution in [-0.4, -0.2) is 73.8 Å². The Balaban J connectivity index is 0.00000400. The van der Waals surface area contributed by atoms with Gasteiger partial charge < -0.3 is 29.6 Å². The van der Waals surface area contributed by atoms with E-state index in [9.17, 15) is 0 Å². The zero-order valence-corrected chi connectivity index (χ0v) is 33.5. The Labute approximate surface area is 323 Å². The normalized spacial score (nSPS) is 22.6. The Hall–Kier alpha value is -5.66. The molecule has 3 aromatic rings. The Morgan fingerprint density at radius 3 is 1.57 bits per heavy atom. The quantitative estimate of drug-likeness (QED) is 0.204. The molecule has 0 aliphatic carbocycles. The summed E-state index contributed by atoms with van der Waals surface area (Å²) in [6.45, 7) is 0. The van der Waals surface area contributed by atoms with Crippen LogP contribution >= 0.6 is 0 Å². The second-order valence-electron chi connectivity index (χ2n) is 14.1. The largest absolute Gasteiger partial charge is 0.370 e. The maximum Gasteiger partial charge on any atom is 0.0770 e. The maximum absolute atomic E-state index is 5.57. The van der Waals surface area contributed by atoms with Gasteiger partial charge in [0, 0.05) is 86.5 Å². The molecule has 8 nitrogen and oxygen atoms in total. The van der Waals surface area contributed by atoms with Gasteiger partial charge in [0.25, 0.3) is 0 Å². The fourth-order valence-electron chi connectivity index (χ4n) is 8.05. The molecular formula is C44H42N8Zn. The molecule has 0 amide bonds. The third-order valence-electron chi connectivity index (χ3n) is 10.6. The summed E-state index contributed by atoms with van der Waals surface area (Å²) in [5, 5.41) is 0. The minimum absolute atomic E-state index is 0. The molecule has 4 atom stereocenters. The fourth-order valence-corrected chi connectivity index (χ4v) is 8.05. The number of hydrogen-bond acceptors (Lipinski definition) is 6. The van der Waals surface area contributed by atoms with Gasteiger partial charge in [0.15, 0.2) is 0 Å². The van der Waals surface area contributed by atoms with Crippen LogP contribution in [0.5, 0.6) is 0 Å². The van der Waals surface area contributed by atoms with Crippen molar-refractivity contribution in [3.8, 4) is 0 Å². The summed E-state index contributed by atoms with van der Waals surface area (Å²) in [6, 6.07) is 10.5. The molecule has 9 rings (SSSR count). The van der Waals surface area contributed by atoms with Crippen molar-refractivity contribution in [1.82, 2.24) is 39.5 Å². The van der Waals surface area contributed by atoms with Gasteiger partial charge in [0.05, 0.1) is 52.5 Å². The first kappa shape index (κ1) is 34.4. The van der Waals surface area contributed by atoms with Crippen molar-refractivity contribution >= 4 is 45.9 Å². The average Bonchev–Trinajstić information content (AvgIpc) is 3.95. The second-order valence-corrected chi connectivity index (χ2v) is 14.1. The van der Waals surface area contributed by atoms with Gasteiger partial charge in [0.1, 0.15) is 0 Å². The van der Waals surface area contributed by atoms with Crippen molar-refractivity contribution in [3.63, 3.8) is 0 Å². The van der Waals surface area contributed by atoms with E-state index in [1.807, 2.05) is 0 Å². The summed E-state index contributed by atoms with van der Waals surface area (Å²) in [5.74, 6) is 0. The summed E-state index contributed by atoms with van der Waals surface area (Å²) in [6.07, 6.45) is 41.2. The van der Waals surface area contributed by atoms with E-state index in [0.29, 0.717) is 0 Å². The number of allylic oxidation sites excluding steroid dienone is 8. The van der Waals surface area contributed by atoms with E-state index in [-0.39, 0.29) is 43.6 Å². The van der Waals surface area contributed by atoms with Crippen LogP contribution in [0.25, 0.3) is 45.9 Å². The van der Waals surface area contributed by atoms with Crippen LogP contribution < -0.4 is 0 Å². The summed E-state index contributed by atoms with van der Waals surface area (Å²) in [4.78, 5) is 27.5. The molecule has 0 aromatic carbocycles. The first-order chi connectivity index (χ1) is 25.4. The summed E-state index contributed by atoms with van der Waals surface area (Å²) in [5.41, 5.74) is 12.5. The zero-order valence-electron chi connectivity index (χ0n) is 30.6. The topological polar surface area (TPSA) is 70.3 Å². The number of likely N-dealkylation sites (N-methyl/N-ethyl adjacent to an activating group) is 4. The predicted molar refractivity (Wildman–Crippen MR) is 214 cm³/mol. The summed E-state index contributed by atoms with van der Waals surface area (Å²) < 4.78 is 0.